The highest BCUT2D eigenvalue weighted by Gasteiger charge is 2.22. The van der Waals surface area contributed by atoms with Crippen molar-refractivity contribution >= 4 is 19.8 Å². The molecule has 0 bridgehead atoms. The fourth-order valence-corrected chi connectivity index (χ4v) is 9.84. The number of carbonyl (C=O) groups excluding carboxylic acids is 2. The van der Waals surface area contributed by atoms with Crippen LogP contribution in [-0.2, 0) is 32.7 Å². The van der Waals surface area contributed by atoms with E-state index in [1.165, 1.54) is 186 Å². The molecule has 2 atom stereocenters. The highest BCUT2D eigenvalue weighted by Crippen LogP contribution is 2.38. The summed E-state index contributed by atoms with van der Waals surface area (Å²) in [6.45, 7) is 4.14. The molecule has 0 radical (unpaired) electrons. The molecule has 2 unspecified atom stereocenters. The largest absolute Gasteiger partial charge is 0.756 e. The van der Waals surface area contributed by atoms with Crippen molar-refractivity contribution in [1.82, 2.24) is 0 Å². The van der Waals surface area contributed by atoms with Crippen LogP contribution in [0.4, 0.5) is 0 Å². The van der Waals surface area contributed by atoms with E-state index in [0.717, 1.165) is 77.0 Å². The quantitative estimate of drug-likeness (QED) is 0.0195. The lowest BCUT2D eigenvalue weighted by Gasteiger charge is -2.28. The zero-order valence-electron chi connectivity index (χ0n) is 50.5. The molecule has 0 fully saturated rings. The van der Waals surface area contributed by atoms with Gasteiger partial charge >= 0.3 is 11.9 Å². The van der Waals surface area contributed by atoms with Crippen molar-refractivity contribution in [2.75, 3.05) is 47.5 Å². The number of quaternary nitrogens is 1. The first-order valence-corrected chi connectivity index (χ1v) is 33.5. The van der Waals surface area contributed by atoms with E-state index in [0.29, 0.717) is 17.4 Å². The number of hydrogen-bond donors (Lipinski definition) is 0. The molecule has 0 aliphatic rings. The van der Waals surface area contributed by atoms with Crippen molar-refractivity contribution in [2.45, 2.75) is 302 Å². The Hall–Kier alpha value is -2.29. The van der Waals surface area contributed by atoms with Gasteiger partial charge in [0.1, 0.15) is 19.8 Å². The zero-order valence-corrected chi connectivity index (χ0v) is 51.3. The molecule has 0 aliphatic heterocycles. The number of ether oxygens (including phenoxy) is 2. The molecular weight excluding hydrogens is 966 g/mol. The van der Waals surface area contributed by atoms with E-state index in [9.17, 15) is 19.0 Å². The van der Waals surface area contributed by atoms with Crippen LogP contribution in [0.25, 0.3) is 0 Å². The Balaban J connectivity index is 3.93. The predicted molar refractivity (Wildman–Crippen MR) is 323 cm³/mol. The maximum absolute atomic E-state index is 12.8. The second kappa shape index (κ2) is 57.4. The van der Waals surface area contributed by atoms with Gasteiger partial charge in [-0.2, -0.15) is 0 Å². The minimum absolute atomic E-state index is 0.0309. The monoisotopic (exact) mass is 1090 g/mol. The third-order valence-electron chi connectivity index (χ3n) is 14.0. The second-order valence-corrected chi connectivity index (χ2v) is 24.2. The van der Waals surface area contributed by atoms with Crippen LogP contribution in [0.15, 0.2) is 60.8 Å². The lowest BCUT2D eigenvalue weighted by atomic mass is 10.0. The second-order valence-electron chi connectivity index (χ2n) is 22.7. The molecule has 0 aromatic rings. The van der Waals surface area contributed by atoms with Crippen LogP contribution >= 0.6 is 7.82 Å². The molecule has 0 saturated carbocycles. The van der Waals surface area contributed by atoms with Gasteiger partial charge in [0.15, 0.2) is 6.10 Å². The fourth-order valence-electron chi connectivity index (χ4n) is 9.12. The number of likely N-dealkylation sites (N-methyl/N-ethyl adjacent to an activating group) is 1. The first kappa shape index (κ1) is 73.7. The van der Waals surface area contributed by atoms with Gasteiger partial charge < -0.3 is 27.9 Å². The summed E-state index contributed by atoms with van der Waals surface area (Å²) in [4.78, 5) is 37.9. The van der Waals surface area contributed by atoms with Gasteiger partial charge in [0.25, 0.3) is 7.82 Å². The normalized spacial score (nSPS) is 13.6. The zero-order chi connectivity index (χ0) is 55.6. The Bertz CT molecular complexity index is 1470. The number of esters is 2. The first-order valence-electron chi connectivity index (χ1n) is 32.0. The summed E-state index contributed by atoms with van der Waals surface area (Å²) in [5.74, 6) is -0.831. The summed E-state index contributed by atoms with van der Waals surface area (Å²) < 4.78 is 34.2. The van der Waals surface area contributed by atoms with Gasteiger partial charge in [0.05, 0.1) is 27.7 Å². The third kappa shape index (κ3) is 60.9. The predicted octanol–water partition coefficient (Wildman–Crippen LogP) is 19.6. The van der Waals surface area contributed by atoms with E-state index in [2.05, 4.69) is 74.6 Å². The minimum Gasteiger partial charge on any atom is -0.756 e. The van der Waals surface area contributed by atoms with Crippen molar-refractivity contribution in [3.8, 4) is 0 Å². The first-order chi connectivity index (χ1) is 37.0. The van der Waals surface area contributed by atoms with E-state index in [1.54, 1.807) is 0 Å². The highest BCUT2D eigenvalue weighted by molar-refractivity contribution is 7.45. The molecule has 444 valence electrons. The van der Waals surface area contributed by atoms with Crippen molar-refractivity contribution in [1.29, 1.82) is 0 Å². The molecule has 76 heavy (non-hydrogen) atoms. The topological polar surface area (TPSA) is 111 Å². The molecule has 0 N–H and O–H groups in total. The van der Waals surface area contributed by atoms with Gasteiger partial charge in [-0.1, -0.05) is 267 Å². The molecule has 0 amide bonds. The SMILES string of the molecule is CC/C=C\C/C=C\C/C=C\C/C=C\CCCCCCCCCCCCCCCCCCCCCCCCCCC(=O)OC(COC(=O)CCCCCCC/C=C\CCCCCCCC)COP(=O)([O-])OCC[N+](C)(C)C. The van der Waals surface area contributed by atoms with Crippen LogP contribution in [0.3, 0.4) is 0 Å². The number of hydrogen-bond acceptors (Lipinski definition) is 8. The lowest BCUT2D eigenvalue weighted by Crippen LogP contribution is -2.37. The van der Waals surface area contributed by atoms with Crippen molar-refractivity contribution in [2.24, 2.45) is 0 Å². The number of phosphoric acid groups is 1. The number of rotatable bonds is 59. The molecule has 0 aliphatic carbocycles. The number of unbranched alkanes of at least 4 members (excludes halogenated alkanes) is 35. The Kier molecular flexibility index (Phi) is 55.7. The molecule has 0 aromatic carbocycles. The molecule has 0 aromatic heterocycles. The molecule has 0 rings (SSSR count). The number of nitrogens with zero attached hydrogens (tertiary/aromatic N) is 1. The average Bonchev–Trinajstić information content (AvgIpc) is 3.38. The molecule has 10 heteroatoms. The number of carbonyl (C=O) groups is 2. The summed E-state index contributed by atoms with van der Waals surface area (Å²) in [6.07, 6.45) is 74.5. The smallest absolute Gasteiger partial charge is 0.306 e. The van der Waals surface area contributed by atoms with E-state index >= 15 is 0 Å². The van der Waals surface area contributed by atoms with Gasteiger partial charge in [-0.3, -0.25) is 14.2 Å². The summed E-state index contributed by atoms with van der Waals surface area (Å²) >= 11 is 0. The van der Waals surface area contributed by atoms with Gasteiger partial charge in [0, 0.05) is 12.8 Å². The minimum atomic E-state index is -4.64. The standard InChI is InChI=1S/C66H122NO8P/c1-6-8-10-12-14-16-18-20-22-23-24-25-26-27-28-29-30-31-32-33-34-35-36-37-38-39-40-41-42-43-45-47-49-51-53-55-57-59-66(69)75-64(63-74-76(70,71)73-61-60-67(3,4)5)62-72-65(68)58-56-54-52-50-48-46-44-21-19-17-15-13-11-9-7-2/h8,10,14,16,20-22,24-25,44,64H,6-7,9,11-13,15,17-19,23,26-43,45-63H2,1-5H3/b10-8-,16-14-,22-20-,25-24-,44-21-. The van der Waals surface area contributed by atoms with Crippen LogP contribution in [0, 0.1) is 0 Å². The van der Waals surface area contributed by atoms with Crippen LogP contribution in [0.5, 0.6) is 0 Å². The molecule has 0 saturated heterocycles. The molecular formula is C66H122NO8P. The van der Waals surface area contributed by atoms with Crippen LogP contribution in [0.1, 0.15) is 296 Å². The van der Waals surface area contributed by atoms with Crippen molar-refractivity contribution < 1.29 is 42.1 Å². The van der Waals surface area contributed by atoms with Crippen LogP contribution in [-0.4, -0.2) is 70.0 Å². The van der Waals surface area contributed by atoms with Crippen LogP contribution in [0.2, 0.25) is 0 Å². The van der Waals surface area contributed by atoms with Crippen molar-refractivity contribution in [3.05, 3.63) is 60.8 Å². The van der Waals surface area contributed by atoms with E-state index < -0.39 is 26.5 Å². The van der Waals surface area contributed by atoms with Gasteiger partial charge in [-0.05, 0) is 77.0 Å². The van der Waals surface area contributed by atoms with E-state index in [-0.39, 0.29) is 32.0 Å². The molecule has 0 spiro atoms. The highest BCUT2D eigenvalue weighted by atomic mass is 31.2. The Morgan fingerprint density at radius 3 is 1.13 bits per heavy atom. The molecule has 9 nitrogen and oxygen atoms in total. The summed E-state index contributed by atoms with van der Waals surface area (Å²) in [6, 6.07) is 0. The maximum atomic E-state index is 12.8. The Morgan fingerprint density at radius 1 is 0.421 bits per heavy atom. The molecule has 0 heterocycles. The van der Waals surface area contributed by atoms with Crippen molar-refractivity contribution in [3.63, 3.8) is 0 Å². The van der Waals surface area contributed by atoms with Gasteiger partial charge in [0.2, 0.25) is 0 Å². The lowest BCUT2D eigenvalue weighted by molar-refractivity contribution is -0.870. The van der Waals surface area contributed by atoms with Gasteiger partial charge in [-0.15, -0.1) is 0 Å². The Labute approximate surface area is 470 Å². The fraction of sp³-hybridized carbons (Fsp3) is 0.818. The van der Waals surface area contributed by atoms with Crippen LogP contribution < -0.4 is 4.89 Å². The van der Waals surface area contributed by atoms with Gasteiger partial charge in [-0.25, -0.2) is 0 Å². The van der Waals surface area contributed by atoms with E-state index in [4.69, 9.17) is 18.5 Å². The van der Waals surface area contributed by atoms with E-state index in [1.807, 2.05) is 21.1 Å². The summed E-state index contributed by atoms with van der Waals surface area (Å²) in [5.41, 5.74) is 0. The third-order valence-corrected chi connectivity index (χ3v) is 15.0. The number of allylic oxidation sites excluding steroid dienone is 10. The summed E-state index contributed by atoms with van der Waals surface area (Å²) in [7, 11) is 1.17. The average molecular weight is 1090 g/mol. The number of phosphoric ester groups is 1. The maximum Gasteiger partial charge on any atom is 0.306 e. The summed E-state index contributed by atoms with van der Waals surface area (Å²) in [5, 5.41) is 0. The Morgan fingerprint density at radius 2 is 0.750 bits per heavy atom.